The molecule has 0 rings (SSSR count). The van der Waals surface area contributed by atoms with Crippen molar-refractivity contribution in [3.8, 4) is 0 Å². The second kappa shape index (κ2) is 5.70. The maximum atomic E-state index is 12.5. The van der Waals surface area contributed by atoms with Crippen molar-refractivity contribution in [2.24, 2.45) is 0 Å². The molecule has 0 heterocycles. The van der Waals surface area contributed by atoms with Crippen LogP contribution in [0.4, 0.5) is 39.5 Å². The summed E-state index contributed by atoms with van der Waals surface area (Å²) < 4.78 is 137. The van der Waals surface area contributed by atoms with E-state index in [9.17, 15) is 47.9 Å². The molecule has 3 nitrogen and oxygen atoms in total. The zero-order valence-electron chi connectivity index (χ0n) is 9.73. The first-order valence-corrected chi connectivity index (χ1v) is 5.12. The molecule has 0 aliphatic heterocycles. The summed E-state index contributed by atoms with van der Waals surface area (Å²) >= 11 is 0. The van der Waals surface area contributed by atoms with Crippen LogP contribution in [0.2, 0.25) is 0 Å². The number of hydrogen-bond donors (Lipinski definition) is 1. The average Bonchev–Trinajstić information content (AvgIpc) is 2.14. The maximum absolute atomic E-state index is 12.5. The first-order valence-electron chi connectivity index (χ1n) is 3.62. The van der Waals surface area contributed by atoms with Crippen molar-refractivity contribution in [3.05, 3.63) is 0 Å². The summed E-state index contributed by atoms with van der Waals surface area (Å²) in [5.41, 5.74) is -5.19. The number of alkyl halides is 9. The Balaban J connectivity index is -0.00000144. The van der Waals surface area contributed by atoms with Crippen LogP contribution in [0, 0.1) is 0 Å². The van der Waals surface area contributed by atoms with E-state index in [0.717, 1.165) is 0 Å². The molecule has 0 aromatic heterocycles. The molecule has 0 aromatic carbocycles. The minimum Gasteiger partial charge on any atom is -1.00 e. The molecule has 0 spiro atoms. The van der Waals surface area contributed by atoms with Gasteiger partial charge < -0.3 is 1.43 Å². The first-order chi connectivity index (χ1) is 7.60. The van der Waals surface area contributed by atoms with E-state index < -0.39 is 39.8 Å². The summed E-state index contributed by atoms with van der Waals surface area (Å²) in [6.07, 6.45) is -5.31. The van der Waals surface area contributed by atoms with Crippen LogP contribution in [0.1, 0.15) is 1.43 Å². The van der Waals surface area contributed by atoms with Gasteiger partial charge in [-0.25, -0.2) is 13.2 Å². The van der Waals surface area contributed by atoms with Crippen molar-refractivity contribution in [3.63, 3.8) is 0 Å². The van der Waals surface area contributed by atoms with E-state index in [0.29, 0.717) is 0 Å². The van der Waals surface area contributed by atoms with Gasteiger partial charge in [0.05, 0.1) is 0 Å². The van der Waals surface area contributed by atoms with Crippen LogP contribution in [0.3, 0.4) is 0 Å². The molecule has 1 atom stereocenters. The largest absolute Gasteiger partial charge is 1.00 e. The number of hydrogen-bond acceptors (Lipinski definition) is 2. The Labute approximate surface area is 113 Å². The van der Waals surface area contributed by atoms with Gasteiger partial charge in [-0.3, -0.25) is 4.55 Å². The van der Waals surface area contributed by atoms with E-state index in [2.05, 4.69) is 0 Å². The summed E-state index contributed by atoms with van der Waals surface area (Å²) in [5.74, 6) is -20.5. The van der Waals surface area contributed by atoms with Crippen LogP contribution >= 0.6 is 0 Å². The predicted octanol–water partition coefficient (Wildman–Crippen LogP) is -0.543. The SMILES string of the molecule is O=S(=O)(O)C(F)C(F)(F)C(F)(F)C(F)(F)C(F)F.[H-].[Li+]. The predicted molar refractivity (Wildman–Crippen MR) is 38.4 cm³/mol. The van der Waals surface area contributed by atoms with Crippen molar-refractivity contribution in [2.75, 3.05) is 0 Å². The first kappa shape index (κ1) is 21.2. The van der Waals surface area contributed by atoms with Crippen molar-refractivity contribution in [2.45, 2.75) is 29.7 Å². The van der Waals surface area contributed by atoms with Crippen LogP contribution in [0.15, 0.2) is 0 Å². The van der Waals surface area contributed by atoms with Gasteiger partial charge in [0.25, 0.3) is 5.50 Å². The summed E-state index contributed by atoms with van der Waals surface area (Å²) in [4.78, 5) is 0. The van der Waals surface area contributed by atoms with E-state index in [-0.39, 0.29) is 20.3 Å². The van der Waals surface area contributed by atoms with Crippen LogP contribution in [-0.4, -0.2) is 42.7 Å². The van der Waals surface area contributed by atoms with Gasteiger partial charge in [0.15, 0.2) is 0 Å². The molecule has 0 bridgehead atoms. The van der Waals surface area contributed by atoms with E-state index >= 15 is 0 Å². The molecule has 0 aliphatic carbocycles. The Morgan fingerprint density at radius 3 is 1.42 bits per heavy atom. The molecule has 1 N–H and O–H groups in total. The molecule has 112 valence electrons. The molecular weight excluding hydrogens is 318 g/mol. The van der Waals surface area contributed by atoms with Gasteiger partial charge in [0.2, 0.25) is 0 Å². The molecule has 0 saturated heterocycles. The number of halogens is 9. The third kappa shape index (κ3) is 3.50. The molecule has 19 heavy (non-hydrogen) atoms. The van der Waals surface area contributed by atoms with Crippen molar-refractivity contribution >= 4 is 10.1 Å². The average molecular weight is 322 g/mol. The maximum Gasteiger partial charge on any atom is 1.00 e. The third-order valence-corrected chi connectivity index (χ3v) is 2.48. The van der Waals surface area contributed by atoms with Crippen molar-refractivity contribution in [1.29, 1.82) is 0 Å². The second-order valence-electron chi connectivity index (χ2n) is 2.95. The summed E-state index contributed by atoms with van der Waals surface area (Å²) in [6.45, 7) is 0. The molecule has 0 radical (unpaired) electrons. The van der Waals surface area contributed by atoms with Crippen LogP contribution in [0.25, 0.3) is 0 Å². The van der Waals surface area contributed by atoms with Crippen LogP contribution in [0.5, 0.6) is 0 Å². The fourth-order valence-electron chi connectivity index (χ4n) is 0.689. The molecule has 0 aliphatic rings. The van der Waals surface area contributed by atoms with Gasteiger partial charge in [0, 0.05) is 0 Å². The van der Waals surface area contributed by atoms with E-state index in [1.165, 1.54) is 0 Å². The fourth-order valence-corrected chi connectivity index (χ4v) is 1.21. The fraction of sp³-hybridized carbons (Fsp3) is 1.00. The molecule has 0 fully saturated rings. The third-order valence-electron chi connectivity index (χ3n) is 1.66. The summed E-state index contributed by atoms with van der Waals surface area (Å²) in [6, 6.07) is 0. The van der Waals surface area contributed by atoms with Crippen LogP contribution in [-0.2, 0) is 10.1 Å². The van der Waals surface area contributed by atoms with Gasteiger partial charge in [0.1, 0.15) is 0 Å². The van der Waals surface area contributed by atoms with Gasteiger partial charge in [-0.2, -0.15) is 34.8 Å². The second-order valence-corrected chi connectivity index (χ2v) is 4.40. The topological polar surface area (TPSA) is 54.4 Å². The molecule has 0 aromatic rings. The summed E-state index contributed by atoms with van der Waals surface area (Å²) in [7, 11) is -6.50. The molecule has 0 saturated carbocycles. The minimum absolute atomic E-state index is 0. The normalized spacial score (nSPS) is 16.2. The Kier molecular flexibility index (Phi) is 6.36. The molecule has 14 heteroatoms. The molecular formula is C5H4F9LiO3S. The monoisotopic (exact) mass is 322 g/mol. The smallest absolute Gasteiger partial charge is 1.00 e. The Bertz CT molecular complexity index is 414. The molecule has 0 amide bonds. The van der Waals surface area contributed by atoms with E-state index in [1.54, 1.807) is 0 Å². The van der Waals surface area contributed by atoms with Gasteiger partial charge in [-0.1, -0.05) is 0 Å². The zero-order chi connectivity index (χ0) is 15.2. The quantitative estimate of drug-likeness (QED) is 0.420. The van der Waals surface area contributed by atoms with Crippen molar-refractivity contribution in [1.82, 2.24) is 0 Å². The van der Waals surface area contributed by atoms with E-state index in [1.807, 2.05) is 0 Å². The molecule has 1 unspecified atom stereocenters. The van der Waals surface area contributed by atoms with Crippen LogP contribution < -0.4 is 18.9 Å². The van der Waals surface area contributed by atoms with Gasteiger partial charge in [-0.05, 0) is 0 Å². The van der Waals surface area contributed by atoms with Crippen molar-refractivity contribution < 1.29 is 72.8 Å². The van der Waals surface area contributed by atoms with Gasteiger partial charge >= 0.3 is 53.2 Å². The summed E-state index contributed by atoms with van der Waals surface area (Å²) in [5, 5.41) is 0. The van der Waals surface area contributed by atoms with E-state index in [4.69, 9.17) is 4.55 Å². The van der Waals surface area contributed by atoms with Gasteiger partial charge in [-0.15, -0.1) is 0 Å². The Morgan fingerprint density at radius 1 is 0.895 bits per heavy atom. The minimum atomic E-state index is -7.04. The zero-order valence-corrected chi connectivity index (χ0v) is 9.54. The Morgan fingerprint density at radius 2 is 1.21 bits per heavy atom. The number of rotatable bonds is 5. The standard InChI is InChI=1S/C5H3F9O3S.Li.H/c6-1(7)3(9,10)5(13,14)4(11,12)2(8)18(15,16)17;;/h1-2H,(H,15,16,17);;/q;+1;-1. The Hall–Kier alpha value is -0.123.